The first-order chi connectivity index (χ1) is 7.39. The van der Waals surface area contributed by atoms with Crippen molar-refractivity contribution in [2.45, 2.75) is 32.9 Å². The molecule has 0 aliphatic heterocycles. The van der Waals surface area contributed by atoms with Crippen LogP contribution in [0, 0.1) is 0 Å². The quantitative estimate of drug-likeness (QED) is 0.766. The number of rotatable bonds is 5. The lowest BCUT2D eigenvalue weighted by Crippen LogP contribution is -2.22. The van der Waals surface area contributed by atoms with Gasteiger partial charge in [0.15, 0.2) is 0 Å². The first kappa shape index (κ1) is 13.3. The molecule has 0 spiro atoms. The van der Waals surface area contributed by atoms with Crippen LogP contribution < -0.4 is 5.32 Å². The Hall–Kier alpha value is -0.750. The Balaban J connectivity index is 2.38. The van der Waals surface area contributed by atoms with Gasteiger partial charge in [-0.05, 0) is 20.8 Å². The molecule has 0 aliphatic rings. The van der Waals surface area contributed by atoms with Crippen molar-refractivity contribution in [1.29, 1.82) is 0 Å². The Labute approximate surface area is 99.1 Å². The fourth-order valence-corrected chi connectivity index (χ4v) is 1.57. The van der Waals surface area contributed by atoms with Crippen molar-refractivity contribution in [2.24, 2.45) is 0 Å². The van der Waals surface area contributed by atoms with Crippen molar-refractivity contribution in [1.82, 2.24) is 20.3 Å². The molecule has 0 aliphatic carbocycles. The molecule has 5 nitrogen and oxygen atoms in total. The van der Waals surface area contributed by atoms with Crippen LogP contribution in [0.3, 0.4) is 0 Å². The van der Waals surface area contributed by atoms with Crippen LogP contribution in [0.4, 0.5) is 0 Å². The second-order valence-corrected chi connectivity index (χ2v) is 6.33. The summed E-state index contributed by atoms with van der Waals surface area (Å²) in [4.78, 5) is 0. The molecule has 1 aromatic heterocycles. The zero-order chi connectivity index (χ0) is 12.2. The molecule has 1 heterocycles. The fourth-order valence-electron chi connectivity index (χ4n) is 1.14. The van der Waals surface area contributed by atoms with Crippen LogP contribution in [0.1, 0.15) is 26.5 Å². The van der Waals surface area contributed by atoms with Gasteiger partial charge in [0.05, 0.1) is 17.4 Å². The summed E-state index contributed by atoms with van der Waals surface area (Å²) in [6.07, 6.45) is 3.65. The summed E-state index contributed by atoms with van der Waals surface area (Å²) >= 11 is 0. The molecule has 1 atom stereocenters. The van der Waals surface area contributed by atoms with Gasteiger partial charge in [-0.2, -0.15) is 0 Å². The molecule has 1 aromatic rings. The molecule has 1 N–H and O–H groups in total. The SMILES string of the molecule is CS(=O)CCNCc1cn(C(C)(C)C)nn1. The van der Waals surface area contributed by atoms with Gasteiger partial charge in [0.2, 0.25) is 0 Å². The minimum absolute atomic E-state index is 0.0316. The summed E-state index contributed by atoms with van der Waals surface area (Å²) in [5, 5.41) is 11.3. The molecule has 0 aromatic carbocycles. The van der Waals surface area contributed by atoms with Crippen LogP contribution in [-0.4, -0.2) is 37.8 Å². The molecule has 0 bridgehead atoms. The number of hydrogen-bond donors (Lipinski definition) is 1. The first-order valence-corrected chi connectivity index (χ1v) is 7.05. The van der Waals surface area contributed by atoms with Crippen LogP contribution in [0.25, 0.3) is 0 Å². The van der Waals surface area contributed by atoms with Crippen LogP contribution in [-0.2, 0) is 22.9 Å². The fraction of sp³-hybridized carbons (Fsp3) is 0.800. The number of nitrogens with one attached hydrogen (secondary N) is 1. The molecule has 0 saturated heterocycles. The molecule has 0 amide bonds. The third kappa shape index (κ3) is 4.40. The molecule has 0 fully saturated rings. The molecule has 16 heavy (non-hydrogen) atoms. The largest absolute Gasteiger partial charge is 0.310 e. The maximum absolute atomic E-state index is 10.8. The second-order valence-electron chi connectivity index (χ2n) is 4.78. The summed E-state index contributed by atoms with van der Waals surface area (Å²) < 4.78 is 12.7. The highest BCUT2D eigenvalue weighted by Crippen LogP contribution is 2.11. The van der Waals surface area contributed by atoms with Crippen LogP contribution in [0.2, 0.25) is 0 Å². The van der Waals surface area contributed by atoms with Crippen molar-refractivity contribution in [2.75, 3.05) is 18.6 Å². The van der Waals surface area contributed by atoms with Crippen molar-refractivity contribution < 1.29 is 4.21 Å². The lowest BCUT2D eigenvalue weighted by atomic mass is 10.1. The molecule has 1 unspecified atom stereocenters. The van der Waals surface area contributed by atoms with E-state index in [1.54, 1.807) is 6.26 Å². The standard InChI is InChI=1S/C10H20N4OS/c1-10(2,3)14-8-9(12-13-14)7-11-5-6-16(4)15/h8,11H,5-7H2,1-4H3. The van der Waals surface area contributed by atoms with Crippen molar-refractivity contribution in [3.05, 3.63) is 11.9 Å². The van der Waals surface area contributed by atoms with E-state index in [2.05, 4.69) is 36.4 Å². The van der Waals surface area contributed by atoms with Crippen molar-refractivity contribution >= 4 is 10.8 Å². The normalized spacial score (nSPS) is 14.0. The van der Waals surface area contributed by atoms with E-state index in [0.717, 1.165) is 12.2 Å². The summed E-state index contributed by atoms with van der Waals surface area (Å²) in [5.74, 6) is 0.674. The van der Waals surface area contributed by atoms with Gasteiger partial charge in [-0.15, -0.1) is 5.10 Å². The van der Waals surface area contributed by atoms with E-state index < -0.39 is 10.8 Å². The molecule has 6 heteroatoms. The summed E-state index contributed by atoms with van der Waals surface area (Å²) in [6.45, 7) is 7.66. The Morgan fingerprint density at radius 3 is 2.69 bits per heavy atom. The third-order valence-corrected chi connectivity index (χ3v) is 2.88. The van der Waals surface area contributed by atoms with E-state index in [0.29, 0.717) is 12.3 Å². The number of aromatic nitrogens is 3. The van der Waals surface area contributed by atoms with Gasteiger partial charge in [0.25, 0.3) is 0 Å². The average Bonchev–Trinajstić information content (AvgIpc) is 2.59. The van der Waals surface area contributed by atoms with E-state index in [1.807, 2.05) is 10.9 Å². The van der Waals surface area contributed by atoms with E-state index in [-0.39, 0.29) is 5.54 Å². The van der Waals surface area contributed by atoms with Gasteiger partial charge in [0, 0.05) is 35.9 Å². The summed E-state index contributed by atoms with van der Waals surface area (Å²) in [5.41, 5.74) is 0.882. The van der Waals surface area contributed by atoms with E-state index in [4.69, 9.17) is 0 Å². The lowest BCUT2D eigenvalue weighted by molar-refractivity contribution is 0.347. The Morgan fingerprint density at radius 2 is 2.19 bits per heavy atom. The Kier molecular flexibility index (Phi) is 4.61. The van der Waals surface area contributed by atoms with Gasteiger partial charge >= 0.3 is 0 Å². The minimum Gasteiger partial charge on any atom is -0.310 e. The van der Waals surface area contributed by atoms with E-state index in [9.17, 15) is 4.21 Å². The van der Waals surface area contributed by atoms with Crippen LogP contribution in [0.15, 0.2) is 6.20 Å². The van der Waals surface area contributed by atoms with Gasteiger partial charge in [0.1, 0.15) is 0 Å². The molecule has 0 saturated carbocycles. The monoisotopic (exact) mass is 244 g/mol. The van der Waals surface area contributed by atoms with Gasteiger partial charge in [-0.3, -0.25) is 4.21 Å². The zero-order valence-electron chi connectivity index (χ0n) is 10.4. The number of nitrogens with zero attached hydrogens (tertiary/aromatic N) is 3. The zero-order valence-corrected chi connectivity index (χ0v) is 11.2. The van der Waals surface area contributed by atoms with Gasteiger partial charge in [-0.1, -0.05) is 5.21 Å². The Bertz CT molecular complexity index is 356. The average molecular weight is 244 g/mol. The third-order valence-electron chi connectivity index (χ3n) is 2.10. The molecular weight excluding hydrogens is 224 g/mol. The molecule has 92 valence electrons. The van der Waals surface area contributed by atoms with Gasteiger partial charge in [-0.25, -0.2) is 4.68 Å². The predicted molar refractivity (Wildman–Crippen MR) is 65.7 cm³/mol. The summed E-state index contributed by atoms with van der Waals surface area (Å²) in [7, 11) is -0.736. The number of hydrogen-bond acceptors (Lipinski definition) is 4. The topological polar surface area (TPSA) is 59.8 Å². The lowest BCUT2D eigenvalue weighted by Gasteiger charge is -2.17. The highest BCUT2D eigenvalue weighted by atomic mass is 32.2. The van der Waals surface area contributed by atoms with Gasteiger partial charge < -0.3 is 5.32 Å². The molecular formula is C10H20N4OS. The minimum atomic E-state index is -0.736. The maximum Gasteiger partial charge on any atom is 0.0965 e. The van der Waals surface area contributed by atoms with Crippen molar-refractivity contribution in [3.8, 4) is 0 Å². The van der Waals surface area contributed by atoms with E-state index in [1.165, 1.54) is 0 Å². The Morgan fingerprint density at radius 1 is 1.50 bits per heavy atom. The van der Waals surface area contributed by atoms with Crippen LogP contribution >= 0.6 is 0 Å². The van der Waals surface area contributed by atoms with Crippen LogP contribution in [0.5, 0.6) is 0 Å². The highest BCUT2D eigenvalue weighted by molar-refractivity contribution is 7.84. The van der Waals surface area contributed by atoms with Crippen molar-refractivity contribution in [3.63, 3.8) is 0 Å². The molecule has 0 radical (unpaired) electrons. The second kappa shape index (κ2) is 5.54. The molecule has 1 rings (SSSR count). The maximum atomic E-state index is 10.8. The highest BCUT2D eigenvalue weighted by Gasteiger charge is 2.14. The smallest absolute Gasteiger partial charge is 0.0965 e. The predicted octanol–water partition coefficient (Wildman–Crippen LogP) is 0.501. The van der Waals surface area contributed by atoms with E-state index >= 15 is 0 Å². The first-order valence-electron chi connectivity index (χ1n) is 5.32. The summed E-state index contributed by atoms with van der Waals surface area (Å²) in [6, 6.07) is 0.